The molecule has 1 atom stereocenters. The van der Waals surface area contributed by atoms with E-state index in [4.69, 9.17) is 23.2 Å². The number of amides is 2. The summed E-state index contributed by atoms with van der Waals surface area (Å²) in [6, 6.07) is 8.31. The van der Waals surface area contributed by atoms with Crippen LogP contribution in [0.3, 0.4) is 0 Å². The van der Waals surface area contributed by atoms with Gasteiger partial charge in [-0.15, -0.1) is 0 Å². The van der Waals surface area contributed by atoms with E-state index in [0.29, 0.717) is 21.0 Å². The Balaban J connectivity index is 1.99. The highest BCUT2D eigenvalue weighted by Crippen LogP contribution is 2.37. The minimum absolute atomic E-state index is 0.0220. The number of nitrogens with one attached hydrogen (secondary N) is 1. The number of rotatable bonds is 10. The van der Waals surface area contributed by atoms with E-state index in [-0.39, 0.29) is 30.6 Å². The molecule has 0 bridgehead atoms. The van der Waals surface area contributed by atoms with Crippen molar-refractivity contribution in [2.24, 2.45) is 0 Å². The van der Waals surface area contributed by atoms with Crippen molar-refractivity contribution in [3.05, 3.63) is 63.6 Å². The summed E-state index contributed by atoms with van der Waals surface area (Å²) < 4.78 is 66.4. The average Bonchev–Trinajstić information content (AvgIpc) is 3.35. The van der Waals surface area contributed by atoms with Crippen molar-refractivity contribution in [3.8, 4) is 0 Å². The number of carbonyl (C=O) groups excluding carboxylic acids is 2. The van der Waals surface area contributed by atoms with E-state index in [0.717, 1.165) is 44.1 Å². The van der Waals surface area contributed by atoms with Gasteiger partial charge in [0.1, 0.15) is 12.6 Å². The molecule has 1 aliphatic rings. The molecule has 1 fully saturated rings. The molecule has 1 aliphatic carbocycles. The minimum atomic E-state index is -4.85. The molecular weight excluding hydrogens is 578 g/mol. The molecule has 0 aromatic heterocycles. The molecule has 39 heavy (non-hydrogen) atoms. The average molecular weight is 609 g/mol. The molecule has 3 rings (SSSR count). The van der Waals surface area contributed by atoms with E-state index in [9.17, 15) is 31.2 Å². The van der Waals surface area contributed by atoms with Crippen LogP contribution in [-0.2, 0) is 32.3 Å². The Morgan fingerprint density at radius 1 is 1.08 bits per heavy atom. The van der Waals surface area contributed by atoms with Gasteiger partial charge in [-0.3, -0.25) is 13.9 Å². The normalized spacial score (nSPS) is 15.2. The topological polar surface area (TPSA) is 86.8 Å². The van der Waals surface area contributed by atoms with Gasteiger partial charge in [-0.1, -0.05) is 61.2 Å². The molecule has 2 aromatic rings. The van der Waals surface area contributed by atoms with Gasteiger partial charge in [-0.05, 0) is 49.1 Å². The molecule has 0 aliphatic heterocycles. The van der Waals surface area contributed by atoms with Crippen LogP contribution in [0.5, 0.6) is 0 Å². The van der Waals surface area contributed by atoms with E-state index >= 15 is 0 Å². The Morgan fingerprint density at radius 2 is 1.72 bits per heavy atom. The summed E-state index contributed by atoms with van der Waals surface area (Å²) in [5, 5.41) is 2.71. The molecule has 0 spiro atoms. The van der Waals surface area contributed by atoms with Crippen LogP contribution in [0.1, 0.15) is 50.2 Å². The third-order valence-electron chi connectivity index (χ3n) is 6.61. The van der Waals surface area contributed by atoms with Crippen LogP contribution in [0.15, 0.2) is 42.5 Å². The quantitative estimate of drug-likeness (QED) is 0.378. The molecule has 2 aromatic carbocycles. The van der Waals surface area contributed by atoms with E-state index in [1.165, 1.54) is 4.90 Å². The molecule has 0 radical (unpaired) electrons. The second kappa shape index (κ2) is 12.8. The van der Waals surface area contributed by atoms with Gasteiger partial charge in [0.05, 0.1) is 22.5 Å². The van der Waals surface area contributed by atoms with Gasteiger partial charge >= 0.3 is 6.18 Å². The smallest absolute Gasteiger partial charge is 0.352 e. The molecule has 7 nitrogen and oxygen atoms in total. The van der Waals surface area contributed by atoms with Crippen molar-refractivity contribution in [2.45, 2.75) is 63.8 Å². The Morgan fingerprint density at radius 3 is 2.28 bits per heavy atom. The second-order valence-corrected chi connectivity index (χ2v) is 12.2. The Bertz CT molecular complexity index is 1300. The number of sulfonamides is 1. The van der Waals surface area contributed by atoms with Gasteiger partial charge in [-0.2, -0.15) is 13.2 Å². The lowest BCUT2D eigenvalue weighted by Gasteiger charge is -2.33. The third-order valence-corrected chi connectivity index (χ3v) is 8.45. The van der Waals surface area contributed by atoms with Gasteiger partial charge in [0.15, 0.2) is 0 Å². The summed E-state index contributed by atoms with van der Waals surface area (Å²) in [7, 11) is -4.23. The van der Waals surface area contributed by atoms with Crippen molar-refractivity contribution in [2.75, 3.05) is 17.1 Å². The van der Waals surface area contributed by atoms with Gasteiger partial charge < -0.3 is 10.2 Å². The maximum Gasteiger partial charge on any atom is 0.417 e. The van der Waals surface area contributed by atoms with Crippen LogP contribution in [0, 0.1) is 0 Å². The van der Waals surface area contributed by atoms with Gasteiger partial charge in [0.25, 0.3) is 0 Å². The molecular formula is C26H30Cl2F3N3O4S. The lowest BCUT2D eigenvalue weighted by Crippen LogP contribution is -2.53. The standard InChI is InChI=1S/C26H30Cl2F3N3O4S/c1-3-23(25(36)32-18-9-5-6-10-18)33(15-17-8-4-7-11-21(17)27)24(35)16-34(39(2,37)38)19-12-13-22(28)20(14-19)26(29,30)31/h4,7-8,11-14,18,23H,3,5-6,9-10,15-16H2,1-2H3,(H,32,36). The minimum Gasteiger partial charge on any atom is -0.352 e. The Hall–Kier alpha value is -2.50. The van der Waals surface area contributed by atoms with E-state index < -0.39 is 45.3 Å². The lowest BCUT2D eigenvalue weighted by atomic mass is 10.1. The zero-order valence-corrected chi connectivity index (χ0v) is 23.8. The Labute approximate surface area is 236 Å². The molecule has 1 saturated carbocycles. The van der Waals surface area contributed by atoms with E-state index in [1.807, 2.05) is 0 Å². The summed E-state index contributed by atoms with van der Waals surface area (Å²) >= 11 is 12.0. The highest BCUT2D eigenvalue weighted by atomic mass is 35.5. The molecule has 0 saturated heterocycles. The predicted octanol–water partition coefficient (Wildman–Crippen LogP) is 5.64. The maximum absolute atomic E-state index is 13.7. The lowest BCUT2D eigenvalue weighted by molar-refractivity contribution is -0.140. The number of hydrogen-bond donors (Lipinski definition) is 1. The number of nitrogens with zero attached hydrogens (tertiary/aromatic N) is 2. The zero-order chi connectivity index (χ0) is 29.0. The summed E-state index contributed by atoms with van der Waals surface area (Å²) in [4.78, 5) is 28.2. The number of carbonyl (C=O) groups is 2. The van der Waals surface area contributed by atoms with Gasteiger partial charge in [0, 0.05) is 17.6 Å². The Kier molecular flexibility index (Phi) is 10.2. The van der Waals surface area contributed by atoms with Crippen LogP contribution < -0.4 is 9.62 Å². The predicted molar refractivity (Wildman–Crippen MR) is 145 cm³/mol. The monoisotopic (exact) mass is 607 g/mol. The van der Waals surface area contributed by atoms with Crippen molar-refractivity contribution >= 4 is 50.7 Å². The van der Waals surface area contributed by atoms with Gasteiger partial charge in [-0.25, -0.2) is 8.42 Å². The fourth-order valence-electron chi connectivity index (χ4n) is 4.60. The van der Waals surface area contributed by atoms with Crippen LogP contribution in [0.25, 0.3) is 0 Å². The zero-order valence-electron chi connectivity index (χ0n) is 21.5. The van der Waals surface area contributed by atoms with Crippen molar-refractivity contribution in [1.29, 1.82) is 0 Å². The SMILES string of the molecule is CCC(C(=O)NC1CCCC1)N(Cc1ccccc1Cl)C(=O)CN(c1ccc(Cl)c(C(F)(F)F)c1)S(C)(=O)=O. The summed E-state index contributed by atoms with van der Waals surface area (Å²) in [6.07, 6.45) is -0.247. The largest absolute Gasteiger partial charge is 0.417 e. The third kappa shape index (κ3) is 8.02. The van der Waals surface area contributed by atoms with Crippen LogP contribution >= 0.6 is 23.2 Å². The van der Waals surface area contributed by atoms with Crippen molar-refractivity contribution < 1.29 is 31.2 Å². The number of hydrogen-bond acceptors (Lipinski definition) is 4. The van der Waals surface area contributed by atoms with Gasteiger partial charge in [0.2, 0.25) is 21.8 Å². The second-order valence-electron chi connectivity index (χ2n) is 9.46. The van der Waals surface area contributed by atoms with Crippen molar-refractivity contribution in [1.82, 2.24) is 10.2 Å². The fraction of sp³-hybridized carbons (Fsp3) is 0.462. The summed E-state index contributed by atoms with van der Waals surface area (Å²) in [6.45, 7) is 0.769. The van der Waals surface area contributed by atoms with Crippen molar-refractivity contribution in [3.63, 3.8) is 0 Å². The molecule has 1 unspecified atom stereocenters. The van der Waals surface area contributed by atoms with E-state index in [2.05, 4.69) is 5.32 Å². The number of anilines is 1. The number of halogens is 5. The molecule has 0 heterocycles. The molecule has 13 heteroatoms. The first-order valence-electron chi connectivity index (χ1n) is 12.4. The van der Waals surface area contributed by atoms with Crippen LogP contribution in [0.4, 0.5) is 18.9 Å². The highest BCUT2D eigenvalue weighted by molar-refractivity contribution is 7.92. The number of alkyl halides is 3. The first kappa shape index (κ1) is 31.0. The first-order valence-corrected chi connectivity index (χ1v) is 15.0. The summed E-state index contributed by atoms with van der Waals surface area (Å²) in [5.41, 5.74) is -1.10. The van der Waals surface area contributed by atoms with Crippen LogP contribution in [0.2, 0.25) is 10.0 Å². The fourth-order valence-corrected chi connectivity index (χ4v) is 5.86. The molecule has 214 valence electrons. The number of benzene rings is 2. The maximum atomic E-state index is 13.7. The van der Waals surface area contributed by atoms with E-state index in [1.54, 1.807) is 31.2 Å². The highest BCUT2D eigenvalue weighted by Gasteiger charge is 2.36. The van der Waals surface area contributed by atoms with Crippen LogP contribution in [-0.4, -0.2) is 50.0 Å². The first-order chi connectivity index (χ1) is 18.2. The molecule has 1 N–H and O–H groups in total. The summed E-state index contributed by atoms with van der Waals surface area (Å²) in [5.74, 6) is -1.17. The molecule has 2 amide bonds.